The van der Waals surface area contributed by atoms with Crippen LogP contribution >= 0.6 is 0 Å². The Morgan fingerprint density at radius 1 is 0.655 bits per heavy atom. The SMILES string of the molecule is CCCCCCCCCCCCCCCCCCCC=CC=COS(=O)(=O)[O-].[Na+]. The van der Waals surface area contributed by atoms with Crippen LogP contribution in [0.2, 0.25) is 0 Å². The van der Waals surface area contributed by atoms with Crippen LogP contribution in [0.25, 0.3) is 0 Å². The molecule has 0 rings (SSSR count). The summed E-state index contributed by atoms with van der Waals surface area (Å²) in [6, 6.07) is 0. The summed E-state index contributed by atoms with van der Waals surface area (Å²) >= 11 is 0. The van der Waals surface area contributed by atoms with Gasteiger partial charge in [0.1, 0.15) is 6.26 Å². The van der Waals surface area contributed by atoms with Crippen molar-refractivity contribution in [1.29, 1.82) is 0 Å². The van der Waals surface area contributed by atoms with E-state index < -0.39 is 10.4 Å². The van der Waals surface area contributed by atoms with Gasteiger partial charge in [-0.15, -0.1) is 0 Å². The minimum Gasteiger partial charge on any atom is -0.716 e. The van der Waals surface area contributed by atoms with Gasteiger partial charge in [-0.2, -0.15) is 0 Å². The summed E-state index contributed by atoms with van der Waals surface area (Å²) in [6.07, 6.45) is 30.2. The quantitative estimate of drug-likeness (QED) is 0.0657. The smallest absolute Gasteiger partial charge is 0.716 e. The van der Waals surface area contributed by atoms with Gasteiger partial charge < -0.3 is 8.74 Å². The van der Waals surface area contributed by atoms with Gasteiger partial charge in [-0.05, 0) is 18.9 Å². The molecule has 0 aromatic rings. The van der Waals surface area contributed by atoms with Crippen molar-refractivity contribution in [2.75, 3.05) is 0 Å². The molecule has 0 saturated carbocycles. The Balaban J connectivity index is 0. The van der Waals surface area contributed by atoms with Gasteiger partial charge in [0.05, 0.1) is 0 Å². The van der Waals surface area contributed by atoms with E-state index in [4.69, 9.17) is 0 Å². The summed E-state index contributed by atoms with van der Waals surface area (Å²) in [6.45, 7) is 2.27. The molecule has 0 aromatic heterocycles. The van der Waals surface area contributed by atoms with E-state index in [9.17, 15) is 13.0 Å². The first-order valence-electron chi connectivity index (χ1n) is 11.5. The molecule has 0 radical (unpaired) electrons. The Kier molecular flexibility index (Phi) is 26.5. The van der Waals surface area contributed by atoms with E-state index in [0.717, 1.165) is 19.1 Å². The number of unbranched alkanes of at least 4 members (excludes halogenated alkanes) is 17. The van der Waals surface area contributed by atoms with Crippen molar-refractivity contribution in [1.82, 2.24) is 0 Å². The van der Waals surface area contributed by atoms with Crippen LogP contribution in [-0.4, -0.2) is 13.0 Å². The van der Waals surface area contributed by atoms with Gasteiger partial charge in [0.15, 0.2) is 0 Å². The van der Waals surface area contributed by atoms with Crippen molar-refractivity contribution in [2.45, 2.75) is 122 Å². The number of hydrogen-bond donors (Lipinski definition) is 0. The third kappa shape index (κ3) is 30.5. The van der Waals surface area contributed by atoms with E-state index in [0.29, 0.717) is 0 Å². The summed E-state index contributed by atoms with van der Waals surface area (Å²) in [5, 5.41) is 0. The maximum absolute atomic E-state index is 10.2. The first-order chi connectivity index (χ1) is 13.6. The third-order valence-electron chi connectivity index (χ3n) is 4.97. The molecule has 166 valence electrons. The van der Waals surface area contributed by atoms with E-state index in [2.05, 4.69) is 11.1 Å². The molecule has 0 spiro atoms. The van der Waals surface area contributed by atoms with Gasteiger partial charge in [0.2, 0.25) is 0 Å². The van der Waals surface area contributed by atoms with Crippen molar-refractivity contribution in [3.63, 3.8) is 0 Å². The summed E-state index contributed by atoms with van der Waals surface area (Å²) < 4.78 is 34.5. The molecule has 0 amide bonds. The molecule has 0 bridgehead atoms. The Morgan fingerprint density at radius 2 is 1.03 bits per heavy atom. The molecule has 0 aliphatic carbocycles. The third-order valence-corrected chi connectivity index (χ3v) is 5.32. The number of hydrogen-bond acceptors (Lipinski definition) is 4. The second-order valence-electron chi connectivity index (χ2n) is 7.71. The van der Waals surface area contributed by atoms with Crippen LogP contribution in [0, 0.1) is 0 Å². The summed E-state index contributed by atoms with van der Waals surface area (Å²) in [5.41, 5.74) is 0. The molecule has 0 atom stereocenters. The molecule has 0 fully saturated rings. The van der Waals surface area contributed by atoms with Crippen LogP contribution in [0.3, 0.4) is 0 Å². The fraction of sp³-hybridized carbons (Fsp3) is 0.826. The van der Waals surface area contributed by atoms with E-state index in [1.807, 2.05) is 6.08 Å². The average Bonchev–Trinajstić information content (AvgIpc) is 2.65. The van der Waals surface area contributed by atoms with Crippen molar-refractivity contribution < 1.29 is 46.7 Å². The average molecular weight is 439 g/mol. The van der Waals surface area contributed by atoms with Gasteiger partial charge in [0, 0.05) is 0 Å². The topological polar surface area (TPSA) is 66.4 Å². The van der Waals surface area contributed by atoms with Gasteiger partial charge in [-0.25, -0.2) is 8.42 Å². The fourth-order valence-electron chi connectivity index (χ4n) is 3.31. The van der Waals surface area contributed by atoms with E-state index >= 15 is 0 Å². The van der Waals surface area contributed by atoms with Crippen LogP contribution in [0.4, 0.5) is 0 Å². The van der Waals surface area contributed by atoms with Crippen molar-refractivity contribution in [3.05, 3.63) is 24.5 Å². The maximum Gasteiger partial charge on any atom is 1.00 e. The zero-order chi connectivity index (χ0) is 20.8. The van der Waals surface area contributed by atoms with Gasteiger partial charge in [-0.1, -0.05) is 122 Å². The largest absolute Gasteiger partial charge is 1.00 e. The molecule has 29 heavy (non-hydrogen) atoms. The van der Waals surface area contributed by atoms with Gasteiger partial charge in [0.25, 0.3) is 10.4 Å². The summed E-state index contributed by atoms with van der Waals surface area (Å²) in [4.78, 5) is 0. The molecule has 0 N–H and O–H groups in total. The van der Waals surface area contributed by atoms with Crippen LogP contribution < -0.4 is 29.6 Å². The molecule has 6 heteroatoms. The standard InChI is InChI=1S/C23H44O4S.Na/c1-2-3-4-5-6-7-8-9-10-11-12-13-14-15-16-17-18-19-20-21-22-23-27-28(24,25)26;/h20-23H,2-19H2,1H3,(H,24,25,26);/q;+1/p-1. The van der Waals surface area contributed by atoms with Crippen LogP contribution in [0.15, 0.2) is 24.5 Å². The second kappa shape index (κ2) is 24.5. The molecule has 4 nitrogen and oxygen atoms in total. The van der Waals surface area contributed by atoms with Crippen LogP contribution in [-0.2, 0) is 14.6 Å². The molecular weight excluding hydrogens is 395 g/mol. The minimum atomic E-state index is -4.62. The maximum atomic E-state index is 10.2. The molecule has 0 saturated heterocycles. The molecule has 0 aromatic carbocycles. The Labute approximate surface area is 203 Å². The van der Waals surface area contributed by atoms with Crippen LogP contribution in [0.1, 0.15) is 122 Å². The Hall–Kier alpha value is 0.190. The first-order valence-corrected chi connectivity index (χ1v) is 12.9. The molecule has 0 aliphatic rings. The van der Waals surface area contributed by atoms with Gasteiger partial charge >= 0.3 is 29.6 Å². The molecule has 0 unspecified atom stereocenters. The molecular formula is C23H43NaO4S. The Bertz CT molecular complexity index is 475. The fourth-order valence-corrected chi connectivity index (χ4v) is 3.51. The summed E-state index contributed by atoms with van der Waals surface area (Å²) in [5.74, 6) is 0. The van der Waals surface area contributed by atoms with E-state index in [-0.39, 0.29) is 29.6 Å². The molecule has 0 aliphatic heterocycles. The number of allylic oxidation sites excluding steroid dienone is 3. The van der Waals surface area contributed by atoms with Crippen LogP contribution in [0.5, 0.6) is 0 Å². The summed E-state index contributed by atoms with van der Waals surface area (Å²) in [7, 11) is -4.62. The zero-order valence-corrected chi connectivity index (χ0v) is 21.9. The van der Waals surface area contributed by atoms with Crippen molar-refractivity contribution in [3.8, 4) is 0 Å². The zero-order valence-electron chi connectivity index (χ0n) is 19.1. The van der Waals surface area contributed by atoms with Gasteiger partial charge in [-0.3, -0.25) is 0 Å². The predicted molar refractivity (Wildman–Crippen MR) is 118 cm³/mol. The second-order valence-corrected chi connectivity index (χ2v) is 8.72. The monoisotopic (exact) mass is 438 g/mol. The first kappa shape index (κ1) is 31.4. The molecule has 0 heterocycles. The van der Waals surface area contributed by atoms with Crippen molar-refractivity contribution >= 4 is 10.4 Å². The van der Waals surface area contributed by atoms with Crippen molar-refractivity contribution in [2.24, 2.45) is 0 Å². The predicted octanol–water partition coefficient (Wildman–Crippen LogP) is 4.58. The van der Waals surface area contributed by atoms with E-state index in [1.165, 1.54) is 109 Å². The number of rotatable bonds is 21. The minimum absolute atomic E-state index is 0. The Morgan fingerprint density at radius 3 is 1.41 bits per heavy atom. The normalized spacial score (nSPS) is 11.9. The van der Waals surface area contributed by atoms with E-state index in [1.54, 1.807) is 6.08 Å².